The van der Waals surface area contributed by atoms with Crippen molar-refractivity contribution in [2.75, 3.05) is 11.4 Å². The number of benzene rings is 2. The number of para-hydroxylation sites is 2. The molecule has 0 fully saturated rings. The van der Waals surface area contributed by atoms with Gasteiger partial charge in [-0.2, -0.15) is 0 Å². The Morgan fingerprint density at radius 1 is 1.07 bits per heavy atom. The molecule has 0 bridgehead atoms. The number of likely N-dealkylation sites (N-methyl/N-ethyl adjacent to an activating group) is 1. The molecular weight excluding hydrogens is 352 g/mol. The maximum atomic E-state index is 12.7. The van der Waals surface area contributed by atoms with Crippen LogP contribution in [0.2, 0.25) is 0 Å². The van der Waals surface area contributed by atoms with Gasteiger partial charge in [-0.1, -0.05) is 36.4 Å². The number of rotatable bonds is 8. The number of nitrogens with one attached hydrogen (secondary N) is 1. The van der Waals surface area contributed by atoms with Gasteiger partial charge in [-0.25, -0.2) is 0 Å². The molecule has 0 aliphatic carbocycles. The van der Waals surface area contributed by atoms with E-state index in [-0.39, 0.29) is 18.3 Å². The molecule has 0 aliphatic rings. The molecule has 1 atom stereocenters. The first-order valence-corrected chi connectivity index (χ1v) is 9.71. The van der Waals surface area contributed by atoms with Gasteiger partial charge in [0.2, 0.25) is 0 Å². The number of esters is 1. The number of aromatic amines is 1. The first-order valence-electron chi connectivity index (χ1n) is 9.71. The highest BCUT2D eigenvalue weighted by atomic mass is 16.5. The van der Waals surface area contributed by atoms with Gasteiger partial charge in [-0.3, -0.25) is 9.59 Å². The second kappa shape index (κ2) is 9.22. The van der Waals surface area contributed by atoms with Gasteiger partial charge in [-0.05, 0) is 50.5 Å². The quantitative estimate of drug-likeness (QED) is 0.588. The van der Waals surface area contributed by atoms with Crippen molar-refractivity contribution >= 4 is 28.5 Å². The molecule has 5 heteroatoms. The van der Waals surface area contributed by atoms with Crippen LogP contribution in [0.3, 0.4) is 0 Å². The average molecular weight is 378 g/mol. The van der Waals surface area contributed by atoms with Gasteiger partial charge in [0.25, 0.3) is 5.91 Å². The lowest BCUT2D eigenvalue weighted by atomic mass is 10.1. The summed E-state index contributed by atoms with van der Waals surface area (Å²) in [5.41, 5.74) is 3.09. The molecule has 1 aromatic heterocycles. The third kappa shape index (κ3) is 4.60. The molecule has 0 aliphatic heterocycles. The Labute approximate surface area is 165 Å². The topological polar surface area (TPSA) is 62.4 Å². The highest BCUT2D eigenvalue weighted by molar-refractivity contribution is 5.97. The summed E-state index contributed by atoms with van der Waals surface area (Å²) >= 11 is 0. The normalized spacial score (nSPS) is 11.9. The van der Waals surface area contributed by atoms with Crippen LogP contribution in [-0.4, -0.2) is 29.5 Å². The van der Waals surface area contributed by atoms with Crippen LogP contribution in [-0.2, 0) is 20.7 Å². The van der Waals surface area contributed by atoms with E-state index >= 15 is 0 Å². The van der Waals surface area contributed by atoms with Crippen LogP contribution in [0, 0.1) is 0 Å². The minimum Gasteiger partial charge on any atom is -0.453 e. The van der Waals surface area contributed by atoms with Crippen LogP contribution >= 0.6 is 0 Å². The number of nitrogens with zero attached hydrogens (tertiary/aromatic N) is 1. The fraction of sp³-hybridized carbons (Fsp3) is 0.304. The van der Waals surface area contributed by atoms with Crippen molar-refractivity contribution in [3.63, 3.8) is 0 Å². The average Bonchev–Trinajstić information content (AvgIpc) is 3.12. The van der Waals surface area contributed by atoms with E-state index in [2.05, 4.69) is 11.1 Å². The van der Waals surface area contributed by atoms with Gasteiger partial charge in [0, 0.05) is 35.8 Å². The van der Waals surface area contributed by atoms with Gasteiger partial charge in [-0.15, -0.1) is 0 Å². The molecule has 1 heterocycles. The highest BCUT2D eigenvalue weighted by Gasteiger charge is 2.23. The third-order valence-electron chi connectivity index (χ3n) is 4.81. The summed E-state index contributed by atoms with van der Waals surface area (Å²) in [5, 5.41) is 1.18. The molecule has 3 aromatic rings. The minimum absolute atomic E-state index is 0.210. The number of anilines is 1. The molecule has 146 valence electrons. The summed E-state index contributed by atoms with van der Waals surface area (Å²) in [6.45, 7) is 4.05. The van der Waals surface area contributed by atoms with Crippen molar-refractivity contribution in [1.82, 2.24) is 4.98 Å². The van der Waals surface area contributed by atoms with Crippen LogP contribution in [0.15, 0.2) is 60.8 Å². The molecule has 28 heavy (non-hydrogen) atoms. The van der Waals surface area contributed by atoms with E-state index in [1.165, 1.54) is 10.9 Å². The zero-order valence-electron chi connectivity index (χ0n) is 16.4. The molecule has 0 saturated carbocycles. The summed E-state index contributed by atoms with van der Waals surface area (Å²) in [7, 11) is 0. The number of fused-ring (bicyclic) bond motifs is 1. The van der Waals surface area contributed by atoms with Gasteiger partial charge in [0.15, 0.2) is 6.10 Å². The molecule has 0 spiro atoms. The van der Waals surface area contributed by atoms with E-state index in [0.29, 0.717) is 13.0 Å². The van der Waals surface area contributed by atoms with Crippen LogP contribution in [0.5, 0.6) is 0 Å². The lowest BCUT2D eigenvalue weighted by Crippen LogP contribution is -2.40. The van der Waals surface area contributed by atoms with Gasteiger partial charge < -0.3 is 14.6 Å². The first-order chi connectivity index (χ1) is 13.6. The maximum absolute atomic E-state index is 12.7. The number of hydrogen-bond acceptors (Lipinski definition) is 3. The number of aromatic nitrogens is 1. The molecule has 0 unspecified atom stereocenters. The number of ether oxygens (including phenoxy) is 1. The fourth-order valence-electron chi connectivity index (χ4n) is 3.36. The zero-order chi connectivity index (χ0) is 19.9. The fourth-order valence-corrected chi connectivity index (χ4v) is 3.36. The smallest absolute Gasteiger partial charge is 0.306 e. The first kappa shape index (κ1) is 19.7. The third-order valence-corrected chi connectivity index (χ3v) is 4.81. The second-order valence-corrected chi connectivity index (χ2v) is 6.76. The molecule has 0 saturated heterocycles. The molecule has 5 nitrogen and oxygen atoms in total. The monoisotopic (exact) mass is 378 g/mol. The number of hydrogen-bond donors (Lipinski definition) is 1. The highest BCUT2D eigenvalue weighted by Crippen LogP contribution is 2.20. The van der Waals surface area contributed by atoms with Gasteiger partial charge in [0.05, 0.1) is 0 Å². The standard InChI is InChI=1S/C23H26N2O3/c1-3-25(19-11-5-4-6-12-19)23(27)17(2)28-22(26)15-9-10-18-16-24-21-14-8-7-13-20(18)21/h4-8,11-14,16-17,24H,3,9-10,15H2,1-2H3/t17-/m0/s1. The summed E-state index contributed by atoms with van der Waals surface area (Å²) in [5.74, 6) is -0.552. The Morgan fingerprint density at radius 3 is 2.54 bits per heavy atom. The maximum Gasteiger partial charge on any atom is 0.306 e. The SMILES string of the molecule is CCN(C(=O)[C@H](C)OC(=O)CCCc1c[nH]c2ccccc12)c1ccccc1. The molecule has 3 rings (SSSR count). The number of amides is 1. The van der Waals surface area contributed by atoms with Crippen LogP contribution in [0.4, 0.5) is 5.69 Å². The van der Waals surface area contributed by atoms with Crippen LogP contribution in [0.1, 0.15) is 32.3 Å². The van der Waals surface area contributed by atoms with E-state index in [4.69, 9.17) is 4.74 Å². The Morgan fingerprint density at radius 2 is 1.79 bits per heavy atom. The van der Waals surface area contributed by atoms with E-state index < -0.39 is 6.10 Å². The van der Waals surface area contributed by atoms with Gasteiger partial charge >= 0.3 is 5.97 Å². The Bertz CT molecular complexity index is 933. The van der Waals surface area contributed by atoms with E-state index in [9.17, 15) is 9.59 Å². The van der Waals surface area contributed by atoms with E-state index in [1.807, 2.05) is 61.7 Å². The Hall–Kier alpha value is -3.08. The summed E-state index contributed by atoms with van der Waals surface area (Å²) in [4.78, 5) is 29.7. The Balaban J connectivity index is 1.50. The molecule has 0 radical (unpaired) electrons. The van der Waals surface area contributed by atoms with Crippen molar-refractivity contribution in [2.45, 2.75) is 39.2 Å². The van der Waals surface area contributed by atoms with Crippen LogP contribution < -0.4 is 4.90 Å². The van der Waals surface area contributed by atoms with Crippen molar-refractivity contribution in [1.29, 1.82) is 0 Å². The summed E-state index contributed by atoms with van der Waals surface area (Å²) in [6, 6.07) is 17.5. The van der Waals surface area contributed by atoms with Crippen LogP contribution in [0.25, 0.3) is 10.9 Å². The molecule has 2 aromatic carbocycles. The molecular formula is C23H26N2O3. The predicted octanol–water partition coefficient (Wildman–Crippen LogP) is 4.48. The molecule has 1 amide bonds. The van der Waals surface area contributed by atoms with Crippen molar-refractivity contribution in [3.05, 3.63) is 66.4 Å². The van der Waals surface area contributed by atoms with Crippen molar-refractivity contribution < 1.29 is 14.3 Å². The largest absolute Gasteiger partial charge is 0.453 e. The summed E-state index contributed by atoms with van der Waals surface area (Å²) < 4.78 is 5.39. The number of H-pyrrole nitrogens is 1. The van der Waals surface area contributed by atoms with E-state index in [1.54, 1.807) is 11.8 Å². The molecule has 1 N–H and O–H groups in total. The number of aryl methyl sites for hydroxylation is 1. The predicted molar refractivity (Wildman–Crippen MR) is 111 cm³/mol. The number of carbonyl (C=O) groups excluding carboxylic acids is 2. The number of carbonyl (C=O) groups is 2. The van der Waals surface area contributed by atoms with Gasteiger partial charge in [0.1, 0.15) is 0 Å². The second-order valence-electron chi connectivity index (χ2n) is 6.76. The zero-order valence-corrected chi connectivity index (χ0v) is 16.4. The van der Waals surface area contributed by atoms with Crippen molar-refractivity contribution in [2.24, 2.45) is 0 Å². The minimum atomic E-state index is -0.805. The lowest BCUT2D eigenvalue weighted by molar-refractivity contribution is -0.154. The van der Waals surface area contributed by atoms with Crippen molar-refractivity contribution in [3.8, 4) is 0 Å². The van der Waals surface area contributed by atoms with E-state index in [0.717, 1.165) is 17.6 Å². The Kier molecular flexibility index (Phi) is 6.48. The lowest BCUT2D eigenvalue weighted by Gasteiger charge is -2.24. The summed E-state index contributed by atoms with van der Waals surface area (Å²) in [6.07, 6.45) is 2.93.